The first-order chi connectivity index (χ1) is 21.4. The van der Waals surface area contributed by atoms with Crippen molar-refractivity contribution in [2.75, 3.05) is 12.9 Å². The van der Waals surface area contributed by atoms with Crippen LogP contribution in [0.4, 0.5) is 0 Å². The highest BCUT2D eigenvalue weighted by Gasteiger charge is 2.49. The Balaban J connectivity index is 1.45. The van der Waals surface area contributed by atoms with E-state index in [9.17, 15) is 8.42 Å². The van der Waals surface area contributed by atoms with Gasteiger partial charge in [0.15, 0.2) is 0 Å². The van der Waals surface area contributed by atoms with Crippen LogP contribution in [0.25, 0.3) is 0 Å². The summed E-state index contributed by atoms with van der Waals surface area (Å²) in [5, 5.41) is 0. The lowest BCUT2D eigenvalue weighted by Gasteiger charge is -2.45. The van der Waals surface area contributed by atoms with Gasteiger partial charge in [0, 0.05) is 17.0 Å². The lowest BCUT2D eigenvalue weighted by atomic mass is 9.98. The van der Waals surface area contributed by atoms with Gasteiger partial charge in [-0.05, 0) is 22.3 Å². The summed E-state index contributed by atoms with van der Waals surface area (Å²) in [7, 11) is -2.78. The zero-order valence-electron chi connectivity index (χ0n) is 24.6. The molecule has 0 aromatic heterocycles. The van der Waals surface area contributed by atoms with Gasteiger partial charge in [0.1, 0.15) is 29.9 Å². The molecule has 4 aromatic carbocycles. The first kappa shape index (κ1) is 32.4. The van der Waals surface area contributed by atoms with Crippen molar-refractivity contribution in [3.8, 4) is 0 Å². The lowest BCUT2D eigenvalue weighted by molar-refractivity contribution is -0.254. The van der Waals surface area contributed by atoms with Gasteiger partial charge in [-0.25, -0.2) is 8.42 Å². The van der Waals surface area contributed by atoms with Crippen LogP contribution in [-0.2, 0) is 59.0 Å². The lowest BCUT2D eigenvalue weighted by Crippen LogP contribution is -2.60. The van der Waals surface area contributed by atoms with Crippen LogP contribution in [-0.4, -0.2) is 51.1 Å². The smallest absolute Gasteiger partial charge is 0.201 e. The van der Waals surface area contributed by atoms with Crippen LogP contribution in [0.3, 0.4) is 0 Å². The molecule has 0 saturated carbocycles. The molecule has 0 radical (unpaired) electrons. The van der Waals surface area contributed by atoms with Crippen LogP contribution in [0.15, 0.2) is 121 Å². The van der Waals surface area contributed by atoms with E-state index >= 15 is 0 Å². The maximum Gasteiger partial charge on any atom is 0.201 e. The van der Waals surface area contributed by atoms with Crippen molar-refractivity contribution in [2.24, 2.45) is 0 Å². The molecule has 1 heterocycles. The van der Waals surface area contributed by atoms with Gasteiger partial charge in [0.05, 0.1) is 33.0 Å². The molecule has 1 aliphatic rings. The topological polar surface area (TPSA) is 80.3 Å². The number of ether oxygens (including phenoxy) is 5. The predicted molar refractivity (Wildman–Crippen MR) is 172 cm³/mol. The fourth-order valence-electron chi connectivity index (χ4n) is 5.00. The van der Waals surface area contributed by atoms with Crippen LogP contribution < -0.4 is 0 Å². The minimum Gasteiger partial charge on any atom is -0.374 e. The maximum atomic E-state index is 12.6. The van der Waals surface area contributed by atoms with Crippen molar-refractivity contribution >= 4 is 19.7 Å². The molecule has 0 bridgehead atoms. The third-order valence-electron chi connectivity index (χ3n) is 7.11. The summed E-state index contributed by atoms with van der Waals surface area (Å²) in [6, 6.07) is 39.3. The molecule has 0 aliphatic carbocycles. The SMILES string of the molecule is CS(=O)(=O)SC1O[C@H](COCc2ccccc2)[C@@H](OCc2ccccc2)[C@H](OCc2ccccc2)[C@H]1OCc1ccccc1. The second-order valence-corrected chi connectivity index (χ2v) is 15.1. The van der Waals surface area contributed by atoms with Crippen LogP contribution in [0.1, 0.15) is 22.3 Å². The van der Waals surface area contributed by atoms with E-state index in [1.54, 1.807) is 0 Å². The molecule has 5 atom stereocenters. The van der Waals surface area contributed by atoms with Gasteiger partial charge in [-0.3, -0.25) is 0 Å². The van der Waals surface area contributed by atoms with E-state index in [-0.39, 0.29) is 19.8 Å². The predicted octanol–water partition coefficient (Wildman–Crippen LogP) is 6.38. The Kier molecular flexibility index (Phi) is 12.0. The average Bonchev–Trinajstić information content (AvgIpc) is 3.04. The van der Waals surface area contributed by atoms with E-state index in [2.05, 4.69) is 0 Å². The highest BCUT2D eigenvalue weighted by atomic mass is 33.1. The Morgan fingerprint density at radius 1 is 0.568 bits per heavy atom. The molecule has 1 aliphatic heterocycles. The monoisotopic (exact) mass is 634 g/mol. The quantitative estimate of drug-likeness (QED) is 0.140. The van der Waals surface area contributed by atoms with E-state index in [0.717, 1.165) is 33.0 Å². The average molecular weight is 635 g/mol. The Hall–Kier alpha value is -3.02. The van der Waals surface area contributed by atoms with E-state index in [1.165, 1.54) is 6.26 Å². The molecular weight excluding hydrogens is 597 g/mol. The molecule has 1 unspecified atom stereocenters. The molecule has 0 N–H and O–H groups in total. The second-order valence-electron chi connectivity index (χ2n) is 10.6. The third-order valence-corrected chi connectivity index (χ3v) is 9.65. The molecule has 1 saturated heterocycles. The summed E-state index contributed by atoms with van der Waals surface area (Å²) in [4.78, 5) is 0. The Bertz CT molecular complexity index is 1490. The van der Waals surface area contributed by atoms with Gasteiger partial charge in [0.25, 0.3) is 0 Å². The van der Waals surface area contributed by atoms with Crippen molar-refractivity contribution in [2.45, 2.75) is 56.3 Å². The highest BCUT2D eigenvalue weighted by Crippen LogP contribution is 2.37. The van der Waals surface area contributed by atoms with Crippen molar-refractivity contribution in [1.82, 2.24) is 0 Å². The largest absolute Gasteiger partial charge is 0.374 e. The van der Waals surface area contributed by atoms with Crippen molar-refractivity contribution in [3.63, 3.8) is 0 Å². The fraction of sp³-hybridized carbons (Fsp3) is 0.314. The molecule has 4 aromatic rings. The summed E-state index contributed by atoms with van der Waals surface area (Å²) in [5.74, 6) is 0. The molecule has 5 rings (SSSR count). The third kappa shape index (κ3) is 10.0. The van der Waals surface area contributed by atoms with Gasteiger partial charge in [-0.15, -0.1) is 0 Å². The summed E-state index contributed by atoms with van der Waals surface area (Å²) >= 11 is 0. The molecule has 0 spiro atoms. The summed E-state index contributed by atoms with van der Waals surface area (Å²) in [6.07, 6.45) is -1.50. The van der Waals surface area contributed by atoms with E-state index < -0.39 is 38.7 Å². The first-order valence-corrected chi connectivity index (χ1v) is 17.9. The van der Waals surface area contributed by atoms with Gasteiger partial charge >= 0.3 is 0 Å². The normalized spacial score (nSPS) is 22.1. The minimum atomic E-state index is -3.52. The molecule has 1 fully saturated rings. The number of benzene rings is 4. The first-order valence-electron chi connectivity index (χ1n) is 14.6. The van der Waals surface area contributed by atoms with Gasteiger partial charge in [-0.2, -0.15) is 0 Å². The van der Waals surface area contributed by atoms with Crippen molar-refractivity contribution in [3.05, 3.63) is 144 Å². The van der Waals surface area contributed by atoms with Gasteiger partial charge in [0.2, 0.25) is 8.87 Å². The van der Waals surface area contributed by atoms with Gasteiger partial charge in [-0.1, -0.05) is 121 Å². The summed E-state index contributed by atoms with van der Waals surface area (Å²) in [5.41, 5.74) is 3.07. The zero-order valence-corrected chi connectivity index (χ0v) is 26.3. The van der Waals surface area contributed by atoms with Crippen molar-refractivity contribution < 1.29 is 32.1 Å². The zero-order chi connectivity index (χ0) is 30.6. The molecule has 7 nitrogen and oxygen atoms in total. The van der Waals surface area contributed by atoms with Crippen LogP contribution in [0.2, 0.25) is 0 Å². The molecule has 9 heteroatoms. The number of hydrogen-bond acceptors (Lipinski definition) is 8. The fourth-order valence-corrected chi connectivity index (χ4v) is 7.37. The highest BCUT2D eigenvalue weighted by molar-refractivity contribution is 8.72. The van der Waals surface area contributed by atoms with E-state index in [1.807, 2.05) is 121 Å². The molecular formula is C35H38O7S2. The molecule has 0 amide bonds. The van der Waals surface area contributed by atoms with E-state index in [0.29, 0.717) is 13.2 Å². The maximum absolute atomic E-state index is 12.6. The number of hydrogen-bond donors (Lipinski definition) is 0. The Morgan fingerprint density at radius 2 is 0.955 bits per heavy atom. The molecule has 232 valence electrons. The van der Waals surface area contributed by atoms with Crippen LogP contribution >= 0.6 is 10.8 Å². The summed E-state index contributed by atoms with van der Waals surface area (Å²) < 4.78 is 57.6. The second kappa shape index (κ2) is 16.3. The van der Waals surface area contributed by atoms with Crippen LogP contribution in [0, 0.1) is 0 Å². The molecule has 44 heavy (non-hydrogen) atoms. The standard InChI is InChI=1S/C35H38O7S2/c1-44(36,37)43-35-34(41-25-30-20-12-5-13-21-30)33(40-24-29-18-10-4-11-19-29)32(39-23-28-16-8-3-9-17-28)31(42-35)26-38-22-27-14-6-2-7-15-27/h2-21,31-35H,22-26H2,1H3/t31-,32-,33+,34-,35?/m1/s1. The van der Waals surface area contributed by atoms with Crippen molar-refractivity contribution in [1.29, 1.82) is 0 Å². The summed E-state index contributed by atoms with van der Waals surface area (Å²) in [6.45, 7) is 1.40. The minimum absolute atomic E-state index is 0.172. The van der Waals surface area contributed by atoms with Crippen LogP contribution in [0.5, 0.6) is 0 Å². The Morgan fingerprint density at radius 3 is 1.39 bits per heavy atom. The number of rotatable bonds is 15. The Labute approximate surface area is 263 Å². The van der Waals surface area contributed by atoms with Gasteiger partial charge < -0.3 is 23.7 Å². The van der Waals surface area contributed by atoms with E-state index in [4.69, 9.17) is 23.7 Å².